The Balaban J connectivity index is 2.28. The Labute approximate surface area is 107 Å². The maximum Gasteiger partial charge on any atom is 0.416 e. The number of anilines is 1. The summed E-state index contributed by atoms with van der Waals surface area (Å²) >= 11 is 0. The Bertz CT molecular complexity index is 579. The predicted octanol–water partition coefficient (Wildman–Crippen LogP) is 3.18. The smallest absolute Gasteiger partial charge is 0.416 e. The van der Waals surface area contributed by atoms with Crippen LogP contribution in [0.15, 0.2) is 30.3 Å². The van der Waals surface area contributed by atoms with Crippen LogP contribution < -0.4 is 10.5 Å². The van der Waals surface area contributed by atoms with E-state index in [1.807, 2.05) is 0 Å². The van der Waals surface area contributed by atoms with Gasteiger partial charge in [0.05, 0.1) is 5.56 Å². The lowest BCUT2D eigenvalue weighted by Crippen LogP contribution is -2.04. The van der Waals surface area contributed by atoms with Crippen molar-refractivity contribution in [2.45, 2.75) is 13.1 Å². The number of nitrogens with two attached hydrogens (primary N) is 1. The first kappa shape index (κ1) is 13.1. The molecule has 0 saturated heterocycles. The summed E-state index contributed by atoms with van der Waals surface area (Å²) in [5, 5.41) is 0. The molecule has 4 nitrogen and oxygen atoms in total. The molecule has 0 radical (unpaired) electrons. The first-order valence-corrected chi connectivity index (χ1v) is 5.31. The first-order chi connectivity index (χ1) is 8.84. The molecular weight excluding hydrogens is 259 g/mol. The van der Waals surface area contributed by atoms with E-state index in [1.165, 1.54) is 18.2 Å². The number of hydrogen-bond donors (Lipinski definition) is 1. The van der Waals surface area contributed by atoms with Crippen molar-refractivity contribution in [2.75, 3.05) is 5.73 Å². The Morgan fingerprint density at radius 3 is 2.53 bits per heavy atom. The Hall–Kier alpha value is -2.31. The lowest BCUT2D eigenvalue weighted by Gasteiger charge is -2.09. The second kappa shape index (κ2) is 4.75. The van der Waals surface area contributed by atoms with E-state index in [-0.39, 0.29) is 17.6 Å². The molecule has 1 aromatic carbocycles. The van der Waals surface area contributed by atoms with Crippen LogP contribution in [0, 0.1) is 6.92 Å². The molecule has 100 valence electrons. The number of nitrogen functional groups attached to an aromatic ring is 1. The second-order valence-electron chi connectivity index (χ2n) is 3.83. The average Bonchev–Trinajstić information content (AvgIpc) is 2.26. The zero-order valence-corrected chi connectivity index (χ0v) is 9.90. The maximum atomic E-state index is 12.5. The molecule has 7 heteroatoms. The lowest BCUT2D eigenvalue weighted by atomic mass is 10.2. The molecular formula is C12H10F3N3O. The van der Waals surface area contributed by atoms with E-state index in [0.717, 1.165) is 12.1 Å². The third kappa shape index (κ3) is 3.34. The van der Waals surface area contributed by atoms with Crippen molar-refractivity contribution >= 4 is 5.95 Å². The van der Waals surface area contributed by atoms with Gasteiger partial charge in [0.15, 0.2) is 0 Å². The summed E-state index contributed by atoms with van der Waals surface area (Å²) < 4.78 is 42.8. The summed E-state index contributed by atoms with van der Waals surface area (Å²) in [6.07, 6.45) is -4.42. The highest BCUT2D eigenvalue weighted by molar-refractivity contribution is 5.34. The third-order valence-corrected chi connectivity index (χ3v) is 2.23. The van der Waals surface area contributed by atoms with Gasteiger partial charge in [-0.3, -0.25) is 0 Å². The van der Waals surface area contributed by atoms with E-state index < -0.39 is 11.7 Å². The molecule has 1 aromatic heterocycles. The number of alkyl halides is 3. The number of rotatable bonds is 2. The fourth-order valence-electron chi connectivity index (χ4n) is 1.47. The van der Waals surface area contributed by atoms with Gasteiger partial charge in [-0.25, -0.2) is 4.98 Å². The topological polar surface area (TPSA) is 61.0 Å². The molecule has 0 aliphatic rings. The number of benzene rings is 1. The number of hydrogen-bond acceptors (Lipinski definition) is 4. The van der Waals surface area contributed by atoms with Crippen molar-refractivity contribution in [2.24, 2.45) is 0 Å². The van der Waals surface area contributed by atoms with Gasteiger partial charge in [0.2, 0.25) is 11.8 Å². The minimum Gasteiger partial charge on any atom is -0.439 e. The van der Waals surface area contributed by atoms with E-state index in [2.05, 4.69) is 9.97 Å². The van der Waals surface area contributed by atoms with Crippen LogP contribution in [-0.4, -0.2) is 9.97 Å². The largest absolute Gasteiger partial charge is 0.439 e. The van der Waals surface area contributed by atoms with E-state index >= 15 is 0 Å². The quantitative estimate of drug-likeness (QED) is 0.909. The molecule has 2 aromatic rings. The molecule has 0 atom stereocenters. The van der Waals surface area contributed by atoms with Crippen molar-refractivity contribution in [1.82, 2.24) is 9.97 Å². The minimum absolute atomic E-state index is 0.00183. The van der Waals surface area contributed by atoms with Crippen molar-refractivity contribution in [1.29, 1.82) is 0 Å². The summed E-state index contributed by atoms with van der Waals surface area (Å²) in [4.78, 5) is 7.62. The summed E-state index contributed by atoms with van der Waals surface area (Å²) in [6.45, 7) is 1.68. The molecule has 2 N–H and O–H groups in total. The molecule has 0 amide bonds. The highest BCUT2D eigenvalue weighted by atomic mass is 19.4. The molecule has 0 fully saturated rings. The van der Waals surface area contributed by atoms with Crippen LogP contribution in [0.5, 0.6) is 11.6 Å². The molecule has 0 spiro atoms. The highest BCUT2D eigenvalue weighted by Gasteiger charge is 2.30. The van der Waals surface area contributed by atoms with Gasteiger partial charge in [-0.1, -0.05) is 6.07 Å². The minimum atomic E-state index is -4.42. The molecule has 0 aliphatic heterocycles. The van der Waals surface area contributed by atoms with Gasteiger partial charge in [0.1, 0.15) is 5.75 Å². The molecule has 0 unspecified atom stereocenters. The molecule has 1 heterocycles. The van der Waals surface area contributed by atoms with Crippen LogP contribution in [0.25, 0.3) is 0 Å². The van der Waals surface area contributed by atoms with Gasteiger partial charge in [0, 0.05) is 11.8 Å². The van der Waals surface area contributed by atoms with Crippen LogP contribution >= 0.6 is 0 Å². The van der Waals surface area contributed by atoms with E-state index in [0.29, 0.717) is 5.69 Å². The molecule has 0 saturated carbocycles. The normalized spacial score (nSPS) is 11.4. The number of aryl methyl sites for hydroxylation is 1. The predicted molar refractivity (Wildman–Crippen MR) is 62.7 cm³/mol. The SMILES string of the molecule is Cc1cc(Oc2cccc(C(F)(F)F)c2)nc(N)n1. The second-order valence-corrected chi connectivity index (χ2v) is 3.83. The van der Waals surface area contributed by atoms with Gasteiger partial charge in [0.25, 0.3) is 0 Å². The van der Waals surface area contributed by atoms with Crippen molar-refractivity contribution < 1.29 is 17.9 Å². The Kier molecular flexibility index (Phi) is 3.28. The van der Waals surface area contributed by atoms with Gasteiger partial charge in [-0.05, 0) is 25.1 Å². The standard InChI is InChI=1S/C12H10F3N3O/c1-7-5-10(18-11(16)17-7)19-9-4-2-3-8(6-9)12(13,14)15/h2-6H,1H3,(H2,16,17,18). The molecule has 2 rings (SSSR count). The Morgan fingerprint density at radius 1 is 1.16 bits per heavy atom. The van der Waals surface area contributed by atoms with Crippen LogP contribution in [-0.2, 0) is 6.18 Å². The van der Waals surface area contributed by atoms with Crippen molar-refractivity contribution in [3.05, 3.63) is 41.6 Å². The van der Waals surface area contributed by atoms with Crippen molar-refractivity contribution in [3.63, 3.8) is 0 Å². The van der Waals surface area contributed by atoms with Gasteiger partial charge < -0.3 is 10.5 Å². The van der Waals surface area contributed by atoms with E-state index in [4.69, 9.17) is 10.5 Å². The van der Waals surface area contributed by atoms with Crippen molar-refractivity contribution in [3.8, 4) is 11.6 Å². The summed E-state index contributed by atoms with van der Waals surface area (Å²) in [5.41, 5.74) is 5.21. The molecule has 0 bridgehead atoms. The fraction of sp³-hybridized carbons (Fsp3) is 0.167. The van der Waals surface area contributed by atoms with Crippen LogP contribution in [0.2, 0.25) is 0 Å². The number of aromatic nitrogens is 2. The van der Waals surface area contributed by atoms with Gasteiger partial charge in [-0.15, -0.1) is 0 Å². The Morgan fingerprint density at radius 2 is 1.89 bits per heavy atom. The summed E-state index contributed by atoms with van der Waals surface area (Å²) in [6, 6.07) is 6.01. The van der Waals surface area contributed by atoms with Crippen LogP contribution in [0.3, 0.4) is 0 Å². The summed E-state index contributed by atoms with van der Waals surface area (Å²) in [5.74, 6) is 0.138. The molecule has 19 heavy (non-hydrogen) atoms. The summed E-state index contributed by atoms with van der Waals surface area (Å²) in [7, 11) is 0. The number of halogens is 3. The van der Waals surface area contributed by atoms with E-state index in [1.54, 1.807) is 6.92 Å². The zero-order chi connectivity index (χ0) is 14.0. The van der Waals surface area contributed by atoms with Crippen LogP contribution in [0.1, 0.15) is 11.3 Å². The van der Waals surface area contributed by atoms with Gasteiger partial charge >= 0.3 is 6.18 Å². The molecule has 0 aliphatic carbocycles. The number of nitrogens with zero attached hydrogens (tertiary/aromatic N) is 2. The first-order valence-electron chi connectivity index (χ1n) is 5.31. The van der Waals surface area contributed by atoms with E-state index in [9.17, 15) is 13.2 Å². The fourth-order valence-corrected chi connectivity index (χ4v) is 1.47. The monoisotopic (exact) mass is 269 g/mol. The lowest BCUT2D eigenvalue weighted by molar-refractivity contribution is -0.137. The number of ether oxygens (including phenoxy) is 1. The average molecular weight is 269 g/mol. The highest BCUT2D eigenvalue weighted by Crippen LogP contribution is 2.32. The van der Waals surface area contributed by atoms with Gasteiger partial charge in [-0.2, -0.15) is 18.2 Å². The maximum absolute atomic E-state index is 12.5. The zero-order valence-electron chi connectivity index (χ0n) is 9.90. The van der Waals surface area contributed by atoms with Crippen LogP contribution in [0.4, 0.5) is 19.1 Å². The third-order valence-electron chi connectivity index (χ3n) is 2.23.